The molecule has 0 unspecified atom stereocenters. The lowest BCUT2D eigenvalue weighted by Gasteiger charge is -1.97. The van der Waals surface area contributed by atoms with Crippen molar-refractivity contribution in [1.29, 1.82) is 0 Å². The maximum atomic E-state index is 10.4. The maximum absolute atomic E-state index is 10.4. The van der Waals surface area contributed by atoms with E-state index in [-0.39, 0.29) is 94.5 Å². The summed E-state index contributed by atoms with van der Waals surface area (Å²) in [7, 11) is 1.67. The van der Waals surface area contributed by atoms with E-state index < -0.39 is 12.6 Å². The van der Waals surface area contributed by atoms with Crippen molar-refractivity contribution < 1.29 is 83.0 Å². The van der Waals surface area contributed by atoms with Gasteiger partial charge in [-0.3, -0.25) is 24.3 Å². The summed E-state index contributed by atoms with van der Waals surface area (Å²) in [5, 5.41) is 78.5. The normalized spacial score (nSPS) is 9.71. The first kappa shape index (κ1) is 117. The highest BCUT2D eigenvalue weighted by molar-refractivity contribution is 5.96. The predicted molar refractivity (Wildman–Crippen MR) is 477 cm³/mol. The smallest absolute Gasteiger partial charge is 0.373 e. The summed E-state index contributed by atoms with van der Waals surface area (Å²) >= 11 is 0. The van der Waals surface area contributed by atoms with Crippen LogP contribution in [0.2, 0.25) is 0 Å². The molecular weight excluding hydrogens is 1740 g/mol. The highest BCUT2D eigenvalue weighted by atomic mass is 16.5. The van der Waals surface area contributed by atoms with Crippen molar-refractivity contribution >= 4 is 107 Å². The average Bonchev–Trinajstić information content (AvgIpc) is 1.69. The number of ketones is 2. The molecule has 0 aliphatic carbocycles. The first-order valence-corrected chi connectivity index (χ1v) is 38.7. The molecule has 0 aliphatic heterocycles. The number of anilines is 1. The standard InChI is InChI=1S/C11H16N4.C11H14N4.C10H14N4O.C8H10N4O.C8H8N4O.C6H6N4O.C6H4N4O.2C5H8O2.C3H6N4O.C2H4O3.CH6N4.2CO2.2CH4/c2*1-4-5-6-10-13-11-12-8(2)7-9(3)15(11)14-10;1-7-6-8(2)14-10(11-7)12-9(13-14)4-5-15-3;2*1-5-3-6(2)12-8(9-5)10-7(4-13)11-12;2*11-4-5-8-6-7-2-1-3-10(6)9-5;1-4(6)3-5(2)7;1-3-5(6)7-4-2;4-3-5-2(1-8)6-7-3;3-1-2(4)5;2-1(3)5-4;2*2-1-3;;/h7H,4-6H2,1-3H3;5-7H,4H2,1-3H3;6H,4-5H2,1-3H3;3,13H,4H2,1-2H3;3-4H,1-2H3;1-3,11H,4H2;1-4H;3H2,1-2H3;3H,1,4H2,2H3;8H,1H2,(H3,4,5,6,7);3H,1H2,(H,4,5);4H2,(H4,2,3,5);;;2*1H4/b;6-5+;;;;;;;;;;;;;;. The average molecular weight is 1850 g/mol. The number of aldehydes is 2. The molecule has 714 valence electrons. The zero-order valence-corrected chi connectivity index (χ0v) is 74.7. The molecular formula is C80H112N36O17. The van der Waals surface area contributed by atoms with Crippen LogP contribution in [0.25, 0.3) is 46.5 Å². The number of ether oxygens (including phenoxy) is 2. The minimum absolute atomic E-state index is 0. The molecule has 0 atom stereocenters. The van der Waals surface area contributed by atoms with Gasteiger partial charge in [0.1, 0.15) is 38.0 Å². The number of guanidine groups is 1. The van der Waals surface area contributed by atoms with E-state index in [1.54, 1.807) is 69.0 Å². The van der Waals surface area contributed by atoms with Gasteiger partial charge in [0.2, 0.25) is 23.6 Å². The van der Waals surface area contributed by atoms with Crippen molar-refractivity contribution in [2.75, 3.05) is 32.7 Å². The highest BCUT2D eigenvalue weighted by Crippen LogP contribution is 2.12. The number of aliphatic carboxylic acids is 1. The Morgan fingerprint density at radius 3 is 1.19 bits per heavy atom. The molecule has 0 bridgehead atoms. The number of unbranched alkanes of at least 4 members (excludes halogenated alkanes) is 1. The number of carboxylic acids is 1. The first-order valence-electron chi connectivity index (χ1n) is 38.7. The number of rotatable bonds is 18. The number of carbonyl (C=O) groups excluding carboxylic acids is 9. The van der Waals surface area contributed by atoms with Crippen molar-refractivity contribution in [3.05, 3.63) is 190 Å². The quantitative estimate of drug-likeness (QED) is 0.00862. The summed E-state index contributed by atoms with van der Waals surface area (Å²) < 4.78 is 20.9. The molecule has 15 aromatic heterocycles. The largest absolute Gasteiger partial charge is 0.480 e. The van der Waals surface area contributed by atoms with E-state index in [0.29, 0.717) is 77.9 Å². The van der Waals surface area contributed by atoms with E-state index in [1.165, 1.54) is 29.3 Å². The van der Waals surface area contributed by atoms with Gasteiger partial charge in [-0.05, 0) is 151 Å². The lowest BCUT2D eigenvalue weighted by Crippen LogP contribution is -2.23. The van der Waals surface area contributed by atoms with Crippen LogP contribution in [0.5, 0.6) is 0 Å². The van der Waals surface area contributed by atoms with Crippen LogP contribution >= 0.6 is 0 Å². The molecule has 15 aromatic rings. The predicted octanol–water partition coefficient (Wildman–Crippen LogP) is 2.99. The van der Waals surface area contributed by atoms with Gasteiger partial charge in [0.15, 0.2) is 47.5 Å². The van der Waals surface area contributed by atoms with Gasteiger partial charge in [-0.25, -0.2) is 76.1 Å². The summed E-state index contributed by atoms with van der Waals surface area (Å²) in [5.74, 6) is 10.8. The number of allylic oxidation sites excluding steroid dienone is 1. The monoisotopic (exact) mass is 1850 g/mol. The van der Waals surface area contributed by atoms with Crippen LogP contribution in [-0.4, -0.2) is 259 Å². The SMILES string of the molecule is C.C.C=CC(=O)OCC.CC(=O)CC(C)=O.CC/C=C/c1nc2nc(C)cc(C)n2n1.CCCCc1nc2nc(C)cc(C)n2n1.COCCc1nc2nc(C)cc(C)n2n1.Cc1cc(C)n2nc(C=O)nc2n1.Cc1cc(C)n2nc(CO)nc2n1.NN=C(N)N.Nc1n[nH]c(CO)n1.O=C(O)CO.O=C=O.O=C=O.O=Cc1nc2ncccn2n1.OCc1nc2ncccn2n1. The van der Waals surface area contributed by atoms with Gasteiger partial charge in [-0.1, -0.05) is 47.8 Å². The third-order valence-corrected chi connectivity index (χ3v) is 14.8. The van der Waals surface area contributed by atoms with E-state index >= 15 is 0 Å². The van der Waals surface area contributed by atoms with Crippen LogP contribution in [0, 0.1) is 69.2 Å². The number of aliphatic hydroxyl groups is 4. The molecule has 0 aromatic carbocycles. The Bertz CT molecular complexity index is 6070. The van der Waals surface area contributed by atoms with Crippen molar-refractivity contribution in [3.8, 4) is 0 Å². The molecule has 53 nitrogen and oxygen atoms in total. The molecule has 15 rings (SSSR count). The van der Waals surface area contributed by atoms with Crippen LogP contribution < -0.4 is 23.0 Å². The lowest BCUT2D eigenvalue weighted by atomic mass is 10.2. The van der Waals surface area contributed by atoms with Crippen molar-refractivity contribution in [3.63, 3.8) is 0 Å². The number of hydrazone groups is 1. The van der Waals surface area contributed by atoms with Gasteiger partial charge in [0.05, 0.1) is 19.6 Å². The number of aliphatic hydroxyl groups excluding tert-OH is 4. The number of aryl methyl sites for hydroxylation is 11. The zero-order chi connectivity index (χ0) is 98.2. The van der Waals surface area contributed by atoms with Crippen LogP contribution in [-0.2, 0) is 80.5 Å². The van der Waals surface area contributed by atoms with E-state index in [1.807, 2.05) is 116 Å². The number of nitrogen functional groups attached to an aromatic ring is 1. The fourth-order valence-electron chi connectivity index (χ4n) is 9.71. The maximum Gasteiger partial charge on any atom is 0.373 e. The van der Waals surface area contributed by atoms with Crippen LogP contribution in [0.3, 0.4) is 0 Å². The van der Waals surface area contributed by atoms with E-state index in [4.69, 9.17) is 71.4 Å². The van der Waals surface area contributed by atoms with Gasteiger partial charge < -0.3 is 58.1 Å². The van der Waals surface area contributed by atoms with Crippen molar-refractivity contribution in [1.82, 2.24) is 152 Å². The number of nitrogens with one attached hydrogen (secondary N) is 1. The van der Waals surface area contributed by atoms with Gasteiger partial charge in [0, 0.05) is 108 Å². The minimum atomic E-state index is -1.19. The minimum Gasteiger partial charge on any atom is -0.480 e. The van der Waals surface area contributed by atoms with Gasteiger partial charge in [0.25, 0.3) is 40.4 Å². The lowest BCUT2D eigenvalue weighted by molar-refractivity contribution is -0.193. The fourth-order valence-corrected chi connectivity index (χ4v) is 9.71. The van der Waals surface area contributed by atoms with E-state index in [0.717, 1.165) is 112 Å². The number of carbonyl (C=O) groups is 6. The molecule has 0 radical (unpaired) electrons. The molecule has 0 saturated carbocycles. The number of carboxylic acid groups (broad SMARTS) is 1. The van der Waals surface area contributed by atoms with Crippen molar-refractivity contribution in [2.45, 2.75) is 177 Å². The highest BCUT2D eigenvalue weighted by Gasteiger charge is 2.12. The number of Topliss-reactive ketones (excluding diaryl/α,β-unsaturated/α-hetero) is 2. The Labute approximate surface area is 760 Å². The molecule has 0 fully saturated rings. The number of aromatic nitrogens is 31. The molecule has 15 heterocycles. The number of aromatic amines is 1. The number of H-pyrrole nitrogens is 1. The number of fused-ring (bicyclic) bond motifs is 7. The molecule has 0 saturated heterocycles. The summed E-state index contributed by atoms with van der Waals surface area (Å²) in [6.45, 7) is 31.4. The van der Waals surface area contributed by atoms with Crippen LogP contribution in [0.1, 0.15) is 188 Å². The third kappa shape index (κ3) is 43.3. The number of hydrogen-bond donors (Lipinski definition) is 10. The molecule has 14 N–H and O–H groups in total. The van der Waals surface area contributed by atoms with E-state index in [2.05, 4.69) is 157 Å². The molecule has 53 heteroatoms. The second-order valence-electron chi connectivity index (χ2n) is 25.8. The molecule has 0 aliphatic rings. The first-order chi connectivity index (χ1) is 62.4. The second kappa shape index (κ2) is 63.5. The van der Waals surface area contributed by atoms with Gasteiger partial charge >= 0.3 is 24.2 Å². The van der Waals surface area contributed by atoms with E-state index in [9.17, 15) is 24.0 Å². The number of nitrogens with zero attached hydrogens (tertiary/aromatic N) is 31. The van der Waals surface area contributed by atoms with Crippen molar-refractivity contribution in [2.24, 2.45) is 22.4 Å². The summed E-state index contributed by atoms with van der Waals surface area (Å²) in [5.41, 5.74) is 24.3. The Kier molecular flexibility index (Phi) is 55.6. The second-order valence-corrected chi connectivity index (χ2v) is 25.8. The summed E-state index contributed by atoms with van der Waals surface area (Å²) in [6.07, 6.45) is 18.5. The summed E-state index contributed by atoms with van der Waals surface area (Å²) in [6, 6.07) is 13.3. The molecule has 0 amide bonds. The van der Waals surface area contributed by atoms with Crippen LogP contribution in [0.15, 0.2) is 91.1 Å². The summed E-state index contributed by atoms with van der Waals surface area (Å²) in [4.78, 5) is 154. The fraction of sp³-hybridized carbons (Fsp3) is 0.375. The third-order valence-electron chi connectivity index (χ3n) is 14.8. The Hall–Kier alpha value is -16.5. The van der Waals surface area contributed by atoms with Gasteiger partial charge in [-0.2, -0.15) is 59.0 Å². The Morgan fingerprint density at radius 2 is 0.872 bits per heavy atom. The molecule has 0 spiro atoms. The number of methoxy groups -OCH3 is 1. The molecule has 133 heavy (non-hydrogen) atoms. The Morgan fingerprint density at radius 1 is 0.519 bits per heavy atom. The zero-order valence-electron chi connectivity index (χ0n) is 74.7. The Balaban J connectivity index is 0.00000144. The van der Waals surface area contributed by atoms with Crippen LogP contribution in [0.4, 0.5) is 5.95 Å². The van der Waals surface area contributed by atoms with Gasteiger partial charge in [-0.15, -0.1) is 45.9 Å². The number of nitrogens with two attached hydrogens (primary N) is 4. The number of esters is 1. The topological polar surface area (TPSA) is 750 Å². The number of hydrogen-bond acceptors (Lipinski definition) is 42.